The number of nitrogens with one attached hydrogen (secondary N) is 2. The lowest BCUT2D eigenvalue weighted by atomic mass is 9.66. The lowest BCUT2D eigenvalue weighted by Gasteiger charge is -2.40. The van der Waals surface area contributed by atoms with Gasteiger partial charge in [-0.25, -0.2) is 8.78 Å². The normalized spacial score (nSPS) is 14.2. The second-order valence-electron chi connectivity index (χ2n) is 7.78. The number of hydrogen-bond donors (Lipinski definition) is 2. The average Bonchev–Trinajstić information content (AvgIpc) is 2.76. The molecule has 178 valence electrons. The van der Waals surface area contributed by atoms with Crippen LogP contribution in [0, 0.1) is 17.0 Å². The highest BCUT2D eigenvalue weighted by molar-refractivity contribution is 6.31. The van der Waals surface area contributed by atoms with Gasteiger partial charge in [-0.1, -0.05) is 29.6 Å². The molecule has 2 aromatic rings. The van der Waals surface area contributed by atoms with Crippen LogP contribution in [0.15, 0.2) is 36.4 Å². The van der Waals surface area contributed by atoms with Crippen LogP contribution in [-0.2, 0) is 9.59 Å². The molecule has 2 amide bonds. The lowest BCUT2D eigenvalue weighted by molar-refractivity contribution is -0.137. The molecule has 0 spiro atoms. The highest BCUT2D eigenvalue weighted by Gasteiger charge is 2.43. The molecular weight excluding hydrogens is 477 g/mol. The molecule has 0 unspecified atom stereocenters. The molecule has 0 bridgehead atoms. The van der Waals surface area contributed by atoms with E-state index >= 15 is 0 Å². The zero-order chi connectivity index (χ0) is 23.8. The first-order chi connectivity index (χ1) is 15.8. The average molecular weight is 501 g/mol. The molecule has 3 rings (SSSR count). The summed E-state index contributed by atoms with van der Waals surface area (Å²) in [6.45, 7) is 0.485. The number of halogens is 4. The fourth-order valence-electron chi connectivity index (χ4n) is 3.49. The molecule has 2 N–H and O–H groups in total. The van der Waals surface area contributed by atoms with Gasteiger partial charge in [0.25, 0.3) is 5.91 Å². The van der Waals surface area contributed by atoms with Crippen LogP contribution >= 0.6 is 23.2 Å². The fraction of sp³-hybridized carbons (Fsp3) is 0.391. The first-order valence-electron chi connectivity index (χ1n) is 10.5. The molecule has 0 saturated heterocycles. The number of carbonyl (C=O) groups is 2. The summed E-state index contributed by atoms with van der Waals surface area (Å²) in [7, 11) is 0. The summed E-state index contributed by atoms with van der Waals surface area (Å²) in [5, 5.41) is 5.56. The van der Waals surface area contributed by atoms with Crippen LogP contribution in [0.4, 0.5) is 8.78 Å². The maximum Gasteiger partial charge on any atom is 0.257 e. The van der Waals surface area contributed by atoms with Crippen molar-refractivity contribution in [3.63, 3.8) is 0 Å². The van der Waals surface area contributed by atoms with E-state index in [0.29, 0.717) is 18.7 Å². The topological polar surface area (TPSA) is 76.7 Å². The Morgan fingerprint density at radius 1 is 0.909 bits per heavy atom. The molecule has 33 heavy (non-hydrogen) atoms. The number of carbonyl (C=O) groups excluding carboxylic acids is 2. The van der Waals surface area contributed by atoms with Crippen LogP contribution in [0.2, 0.25) is 10.0 Å². The number of hydrogen-bond acceptors (Lipinski definition) is 4. The van der Waals surface area contributed by atoms with Crippen LogP contribution in [0.1, 0.15) is 25.7 Å². The number of rotatable bonds is 11. The van der Waals surface area contributed by atoms with E-state index in [0.717, 1.165) is 25.3 Å². The van der Waals surface area contributed by atoms with E-state index in [2.05, 4.69) is 10.6 Å². The van der Waals surface area contributed by atoms with Gasteiger partial charge in [0.05, 0.1) is 22.0 Å². The molecule has 1 fully saturated rings. The third-order valence-electron chi connectivity index (χ3n) is 5.53. The third kappa shape index (κ3) is 6.95. The lowest BCUT2D eigenvalue weighted by Crippen LogP contribution is -2.48. The van der Waals surface area contributed by atoms with Crippen LogP contribution in [0.25, 0.3) is 0 Å². The zero-order valence-corrected chi connectivity index (χ0v) is 19.3. The van der Waals surface area contributed by atoms with Gasteiger partial charge in [-0.15, -0.1) is 0 Å². The van der Waals surface area contributed by atoms with Crippen LogP contribution in [0.3, 0.4) is 0 Å². The monoisotopic (exact) mass is 500 g/mol. The molecule has 6 nitrogen and oxygen atoms in total. The van der Waals surface area contributed by atoms with Crippen molar-refractivity contribution in [3.05, 3.63) is 58.1 Å². The molecule has 0 radical (unpaired) electrons. The van der Waals surface area contributed by atoms with Crippen molar-refractivity contribution in [2.24, 2.45) is 5.41 Å². The maximum atomic E-state index is 13.4. The first-order valence-corrected chi connectivity index (χ1v) is 11.3. The van der Waals surface area contributed by atoms with Gasteiger partial charge in [-0.2, -0.15) is 0 Å². The summed E-state index contributed by atoms with van der Waals surface area (Å²) >= 11 is 11.2. The van der Waals surface area contributed by atoms with Gasteiger partial charge in [-0.05, 0) is 43.5 Å². The highest BCUT2D eigenvalue weighted by atomic mass is 35.5. The highest BCUT2D eigenvalue weighted by Crippen LogP contribution is 2.43. The molecule has 0 aromatic heterocycles. The minimum Gasteiger partial charge on any atom is -0.492 e. The molecular formula is C23H24Cl2F2N2O4. The van der Waals surface area contributed by atoms with Gasteiger partial charge >= 0.3 is 0 Å². The summed E-state index contributed by atoms with van der Waals surface area (Å²) < 4.78 is 37.5. The van der Waals surface area contributed by atoms with Crippen molar-refractivity contribution in [1.82, 2.24) is 10.6 Å². The summed E-state index contributed by atoms with van der Waals surface area (Å²) in [5.41, 5.74) is -0.528. The molecule has 10 heteroatoms. The van der Waals surface area contributed by atoms with Crippen LogP contribution in [-0.4, -0.2) is 38.1 Å². The Labute approximate surface area is 200 Å². The van der Waals surface area contributed by atoms with Crippen molar-refractivity contribution in [1.29, 1.82) is 0 Å². The summed E-state index contributed by atoms with van der Waals surface area (Å²) in [5.74, 6) is -1.13. The minimum absolute atomic E-state index is 0.0140. The first kappa shape index (κ1) is 25.1. The van der Waals surface area contributed by atoms with Crippen molar-refractivity contribution in [2.75, 3.05) is 26.3 Å². The number of benzene rings is 2. The van der Waals surface area contributed by atoms with Gasteiger partial charge in [0, 0.05) is 18.7 Å². The van der Waals surface area contributed by atoms with Crippen molar-refractivity contribution in [3.8, 4) is 11.5 Å². The van der Waals surface area contributed by atoms with Gasteiger partial charge in [-0.3, -0.25) is 9.59 Å². The Bertz CT molecular complexity index is 1000. The van der Waals surface area contributed by atoms with Gasteiger partial charge < -0.3 is 20.1 Å². The number of ether oxygens (including phenoxy) is 2. The Morgan fingerprint density at radius 3 is 2.06 bits per heavy atom. The molecule has 2 aromatic carbocycles. The Hall–Kier alpha value is -2.58. The van der Waals surface area contributed by atoms with Gasteiger partial charge in [0.15, 0.2) is 6.61 Å². The predicted octanol–water partition coefficient (Wildman–Crippen LogP) is 4.52. The predicted molar refractivity (Wildman–Crippen MR) is 121 cm³/mol. The second-order valence-corrected chi connectivity index (χ2v) is 8.59. The Kier molecular flexibility index (Phi) is 8.74. The largest absolute Gasteiger partial charge is 0.492 e. The van der Waals surface area contributed by atoms with E-state index in [-0.39, 0.29) is 47.4 Å². The summed E-state index contributed by atoms with van der Waals surface area (Å²) in [6, 6.07) is 8.07. The van der Waals surface area contributed by atoms with E-state index in [1.807, 2.05) is 0 Å². The minimum atomic E-state index is -0.627. The fourth-order valence-corrected chi connectivity index (χ4v) is 3.72. The van der Waals surface area contributed by atoms with E-state index in [4.69, 9.17) is 32.7 Å². The van der Waals surface area contributed by atoms with E-state index in [1.54, 1.807) is 6.07 Å². The molecule has 1 aliphatic rings. The summed E-state index contributed by atoms with van der Waals surface area (Å²) in [6.07, 6.45) is 2.90. The third-order valence-corrected chi connectivity index (χ3v) is 6.14. The van der Waals surface area contributed by atoms with Crippen molar-refractivity contribution < 1.29 is 27.8 Å². The number of amides is 2. The van der Waals surface area contributed by atoms with Gasteiger partial charge in [0.2, 0.25) is 5.91 Å². The van der Waals surface area contributed by atoms with E-state index in [1.165, 1.54) is 24.3 Å². The molecule has 0 heterocycles. The van der Waals surface area contributed by atoms with E-state index in [9.17, 15) is 18.4 Å². The van der Waals surface area contributed by atoms with E-state index < -0.39 is 17.0 Å². The molecule has 1 aliphatic carbocycles. The Balaban J connectivity index is 1.36. The van der Waals surface area contributed by atoms with Crippen LogP contribution in [0.5, 0.6) is 11.5 Å². The molecule has 1 saturated carbocycles. The summed E-state index contributed by atoms with van der Waals surface area (Å²) in [4.78, 5) is 24.7. The smallest absolute Gasteiger partial charge is 0.257 e. The SMILES string of the molecule is O=C(COc1ccc(Cl)c(F)c1)NCCC1(C(=O)NCCOc2ccc(Cl)c(F)c2)CCC1. The van der Waals surface area contributed by atoms with Crippen molar-refractivity contribution >= 4 is 35.0 Å². The molecule has 0 atom stereocenters. The maximum absolute atomic E-state index is 13.4. The van der Waals surface area contributed by atoms with Crippen molar-refractivity contribution in [2.45, 2.75) is 25.7 Å². The van der Waals surface area contributed by atoms with Crippen LogP contribution < -0.4 is 20.1 Å². The molecule has 0 aliphatic heterocycles. The quantitative estimate of drug-likeness (QED) is 0.444. The van der Waals surface area contributed by atoms with Gasteiger partial charge in [0.1, 0.15) is 29.7 Å². The Morgan fingerprint density at radius 2 is 1.52 bits per heavy atom. The zero-order valence-electron chi connectivity index (χ0n) is 17.8. The standard InChI is InChI=1S/C23H24Cl2F2N2O4/c24-17-4-2-15(12-19(17)26)32-11-10-29-22(31)23(6-1-7-23)8-9-28-21(30)14-33-16-3-5-18(25)20(27)13-16/h2-5,12-13H,1,6-11,14H2,(H,28,30)(H,29,31). The second kappa shape index (κ2) is 11.5.